The third-order valence-electron chi connectivity index (χ3n) is 14.2. The molecule has 0 aliphatic heterocycles. The van der Waals surface area contributed by atoms with Gasteiger partial charge in [0.05, 0.1) is 0 Å². The van der Waals surface area contributed by atoms with Gasteiger partial charge in [-0.2, -0.15) is 0 Å². The van der Waals surface area contributed by atoms with Crippen LogP contribution >= 0.6 is 0 Å². The van der Waals surface area contributed by atoms with Gasteiger partial charge in [-0.15, -0.1) is 0 Å². The SMILES string of the molecule is C1=CC(Nc2ccc(C3CCC(NC4=CCC(C5C=CCCC5)C=C4)C(C4CCCCC4)C3)cc2C2CC=C(C3=CCCCC3)CC2)CCC1. The standard InChI is InChI=1S/C48H66N2/c1-5-13-35(14-6-1)37-21-23-40(24-22-37)46-34-42(28-32-48(46)49-43-19-11-4-12-20-43)41-27-31-47(45(33-41)39-17-9-3-10-18-39)50-44-29-25-38(26-30-44)36-15-7-2-8-16-36/h7,11,13,15,19,21,25,28-30,32,34,36,38-41,43,45,47,49-50H,1-6,8-10,12,14,16-18,20,22-24,26-27,31,33H2. The van der Waals surface area contributed by atoms with E-state index in [-0.39, 0.29) is 0 Å². The van der Waals surface area contributed by atoms with E-state index in [4.69, 9.17) is 0 Å². The minimum Gasteiger partial charge on any atom is -0.382 e. The molecule has 50 heavy (non-hydrogen) atoms. The Morgan fingerprint density at radius 2 is 1.46 bits per heavy atom. The average molecular weight is 671 g/mol. The Balaban J connectivity index is 0.998. The second-order valence-corrected chi connectivity index (χ2v) is 17.4. The molecule has 0 heterocycles. The summed E-state index contributed by atoms with van der Waals surface area (Å²) >= 11 is 0. The maximum Gasteiger partial charge on any atom is 0.0444 e. The van der Waals surface area contributed by atoms with Gasteiger partial charge < -0.3 is 10.6 Å². The largest absolute Gasteiger partial charge is 0.382 e. The molecule has 7 unspecified atom stereocenters. The van der Waals surface area contributed by atoms with Gasteiger partial charge in [0.25, 0.3) is 0 Å². The molecule has 1 aromatic rings. The molecule has 2 heteroatoms. The maximum atomic E-state index is 4.18. The van der Waals surface area contributed by atoms with Crippen LogP contribution in [0.1, 0.15) is 164 Å². The smallest absolute Gasteiger partial charge is 0.0444 e. The summed E-state index contributed by atoms with van der Waals surface area (Å²) in [7, 11) is 0. The van der Waals surface area contributed by atoms with Crippen molar-refractivity contribution in [1.29, 1.82) is 0 Å². The Hall–Kier alpha value is -2.74. The number of allylic oxidation sites excluding steroid dienone is 10. The van der Waals surface area contributed by atoms with Crippen molar-refractivity contribution in [2.24, 2.45) is 23.7 Å². The number of nitrogens with one attached hydrogen (secondary N) is 2. The molecule has 2 N–H and O–H groups in total. The second-order valence-electron chi connectivity index (χ2n) is 17.4. The van der Waals surface area contributed by atoms with Gasteiger partial charge in [-0.05, 0) is 179 Å². The van der Waals surface area contributed by atoms with E-state index in [0.29, 0.717) is 29.8 Å². The predicted molar refractivity (Wildman–Crippen MR) is 213 cm³/mol. The molecule has 2 nitrogen and oxygen atoms in total. The molecule has 1 aromatic carbocycles. The van der Waals surface area contributed by atoms with Gasteiger partial charge in [-0.1, -0.05) is 92.8 Å². The van der Waals surface area contributed by atoms with Gasteiger partial charge in [0.1, 0.15) is 0 Å². The molecule has 268 valence electrons. The summed E-state index contributed by atoms with van der Waals surface area (Å²) < 4.78 is 0. The fourth-order valence-electron chi connectivity index (χ4n) is 11.2. The molecule has 7 aliphatic rings. The molecule has 2 saturated carbocycles. The van der Waals surface area contributed by atoms with Crippen LogP contribution in [0, 0.1) is 23.7 Å². The summed E-state index contributed by atoms with van der Waals surface area (Å²) in [5.41, 5.74) is 9.42. The van der Waals surface area contributed by atoms with E-state index in [1.165, 1.54) is 153 Å². The molecule has 2 fully saturated rings. The molecule has 0 radical (unpaired) electrons. The van der Waals surface area contributed by atoms with E-state index in [1.807, 2.05) is 0 Å². The zero-order valence-corrected chi connectivity index (χ0v) is 31.1. The zero-order valence-electron chi connectivity index (χ0n) is 31.1. The molecular formula is C48H66N2. The number of hydrogen-bond donors (Lipinski definition) is 2. The predicted octanol–water partition coefficient (Wildman–Crippen LogP) is 13.1. The van der Waals surface area contributed by atoms with E-state index in [2.05, 4.69) is 83.5 Å². The van der Waals surface area contributed by atoms with Crippen LogP contribution in [0.5, 0.6) is 0 Å². The third-order valence-corrected chi connectivity index (χ3v) is 14.2. The molecule has 7 aliphatic carbocycles. The molecule has 8 rings (SSSR count). The van der Waals surface area contributed by atoms with Crippen LogP contribution in [0.4, 0.5) is 5.69 Å². The number of anilines is 1. The Bertz CT molecular complexity index is 1480. The first-order valence-electron chi connectivity index (χ1n) is 21.5. The number of benzene rings is 1. The fraction of sp³-hybridized carbons (Fsp3) is 0.625. The van der Waals surface area contributed by atoms with Gasteiger partial charge in [-0.3, -0.25) is 0 Å². The summed E-state index contributed by atoms with van der Waals surface area (Å²) in [4.78, 5) is 0. The highest BCUT2D eigenvalue weighted by Gasteiger charge is 2.37. The van der Waals surface area contributed by atoms with Crippen LogP contribution in [0.15, 0.2) is 89.7 Å². The quantitative estimate of drug-likeness (QED) is 0.256. The van der Waals surface area contributed by atoms with Crippen LogP contribution in [0.3, 0.4) is 0 Å². The molecule has 0 bridgehead atoms. The highest BCUT2D eigenvalue weighted by molar-refractivity contribution is 5.57. The fourth-order valence-corrected chi connectivity index (χ4v) is 11.2. The van der Waals surface area contributed by atoms with Crippen molar-refractivity contribution >= 4 is 5.69 Å². The number of hydrogen-bond acceptors (Lipinski definition) is 2. The summed E-state index contributed by atoms with van der Waals surface area (Å²) in [6.45, 7) is 0. The first kappa shape index (κ1) is 34.4. The minimum atomic E-state index is 0.477. The third kappa shape index (κ3) is 8.32. The summed E-state index contributed by atoms with van der Waals surface area (Å²) in [5.74, 6) is 4.41. The summed E-state index contributed by atoms with van der Waals surface area (Å²) in [5, 5.41) is 8.22. The Morgan fingerprint density at radius 3 is 2.20 bits per heavy atom. The van der Waals surface area contributed by atoms with Crippen LogP contribution in [0.25, 0.3) is 0 Å². The van der Waals surface area contributed by atoms with Crippen molar-refractivity contribution in [3.05, 3.63) is 101 Å². The average Bonchev–Trinajstić information content (AvgIpc) is 3.20. The molecule has 0 spiro atoms. The lowest BCUT2D eigenvalue weighted by molar-refractivity contribution is 0.144. The van der Waals surface area contributed by atoms with Crippen molar-refractivity contribution in [2.75, 3.05) is 5.32 Å². The lowest BCUT2D eigenvalue weighted by Gasteiger charge is -2.43. The van der Waals surface area contributed by atoms with E-state index >= 15 is 0 Å². The summed E-state index contributed by atoms with van der Waals surface area (Å²) in [6.07, 6.45) is 51.8. The van der Waals surface area contributed by atoms with Gasteiger partial charge in [0.2, 0.25) is 0 Å². The number of rotatable bonds is 9. The van der Waals surface area contributed by atoms with Crippen molar-refractivity contribution in [3.63, 3.8) is 0 Å². The van der Waals surface area contributed by atoms with Crippen molar-refractivity contribution in [2.45, 2.75) is 165 Å². The van der Waals surface area contributed by atoms with Gasteiger partial charge in [-0.25, -0.2) is 0 Å². The Kier molecular flexibility index (Phi) is 11.5. The van der Waals surface area contributed by atoms with E-state index in [1.54, 1.807) is 22.3 Å². The lowest BCUT2D eigenvalue weighted by atomic mass is 9.66. The zero-order chi connectivity index (χ0) is 33.5. The van der Waals surface area contributed by atoms with Crippen LogP contribution in [-0.2, 0) is 0 Å². The van der Waals surface area contributed by atoms with Crippen molar-refractivity contribution in [3.8, 4) is 0 Å². The molecule has 0 saturated heterocycles. The lowest BCUT2D eigenvalue weighted by Crippen LogP contribution is -2.43. The van der Waals surface area contributed by atoms with Crippen LogP contribution in [0.2, 0.25) is 0 Å². The highest BCUT2D eigenvalue weighted by Crippen LogP contribution is 2.47. The molecule has 7 atom stereocenters. The van der Waals surface area contributed by atoms with Crippen molar-refractivity contribution < 1.29 is 0 Å². The van der Waals surface area contributed by atoms with E-state index in [0.717, 1.165) is 17.8 Å². The van der Waals surface area contributed by atoms with Crippen LogP contribution in [-0.4, -0.2) is 12.1 Å². The van der Waals surface area contributed by atoms with Gasteiger partial charge >= 0.3 is 0 Å². The highest BCUT2D eigenvalue weighted by atomic mass is 14.9. The van der Waals surface area contributed by atoms with Gasteiger partial charge in [0, 0.05) is 23.5 Å². The van der Waals surface area contributed by atoms with E-state index < -0.39 is 0 Å². The Labute approximate surface area is 305 Å². The normalized spacial score (nSPS) is 33.7. The first-order valence-corrected chi connectivity index (χ1v) is 21.5. The monoisotopic (exact) mass is 671 g/mol. The molecule has 0 aromatic heterocycles. The first-order chi connectivity index (χ1) is 24.8. The minimum absolute atomic E-state index is 0.477. The van der Waals surface area contributed by atoms with Crippen LogP contribution < -0.4 is 10.6 Å². The maximum absolute atomic E-state index is 4.18. The second kappa shape index (κ2) is 16.7. The topological polar surface area (TPSA) is 24.1 Å². The van der Waals surface area contributed by atoms with E-state index in [9.17, 15) is 0 Å². The van der Waals surface area contributed by atoms with Gasteiger partial charge in [0.15, 0.2) is 0 Å². The summed E-state index contributed by atoms with van der Waals surface area (Å²) in [6, 6.07) is 8.85. The van der Waals surface area contributed by atoms with Crippen molar-refractivity contribution in [1.82, 2.24) is 5.32 Å². The molecular weight excluding hydrogens is 605 g/mol. The Morgan fingerprint density at radius 1 is 0.580 bits per heavy atom. The molecule has 0 amide bonds.